The number of carbonyl (C=O) groups excluding carboxylic acids is 1. The Morgan fingerprint density at radius 1 is 1.33 bits per heavy atom. The Hall–Kier alpha value is -2.10. The van der Waals surface area contributed by atoms with Crippen LogP contribution in [-0.4, -0.2) is 12.6 Å². The molecule has 1 heterocycles. The fraction of sp³-hybridized carbons (Fsp3) is 0.286. The van der Waals surface area contributed by atoms with Crippen LogP contribution in [0, 0.1) is 13.8 Å². The summed E-state index contributed by atoms with van der Waals surface area (Å²) in [4.78, 5) is 24.0. The minimum Gasteiger partial charge on any atom is -0.462 e. The average molecular weight is 246 g/mol. The van der Waals surface area contributed by atoms with Gasteiger partial charge in [0.2, 0.25) is 5.43 Å². The first-order chi connectivity index (χ1) is 8.54. The Labute approximate surface area is 104 Å². The van der Waals surface area contributed by atoms with Crippen LogP contribution in [0.2, 0.25) is 0 Å². The van der Waals surface area contributed by atoms with E-state index in [0.717, 1.165) is 5.56 Å². The quantitative estimate of drug-likeness (QED) is 0.764. The Bertz CT molecular complexity index is 667. The Morgan fingerprint density at radius 2 is 2.06 bits per heavy atom. The van der Waals surface area contributed by atoms with E-state index in [4.69, 9.17) is 9.15 Å². The number of ether oxygens (including phenoxy) is 1. The van der Waals surface area contributed by atoms with Gasteiger partial charge >= 0.3 is 5.97 Å². The molecule has 0 N–H and O–H groups in total. The van der Waals surface area contributed by atoms with Gasteiger partial charge < -0.3 is 9.15 Å². The smallest absolute Gasteiger partial charge is 0.345 e. The van der Waals surface area contributed by atoms with Crippen LogP contribution in [-0.2, 0) is 4.74 Å². The van der Waals surface area contributed by atoms with Crippen molar-refractivity contribution < 1.29 is 13.9 Å². The van der Waals surface area contributed by atoms with E-state index in [1.807, 2.05) is 13.0 Å². The maximum atomic E-state index is 12.3. The van der Waals surface area contributed by atoms with Gasteiger partial charge in [0.05, 0.1) is 12.0 Å². The molecule has 0 aliphatic carbocycles. The predicted molar refractivity (Wildman–Crippen MR) is 67.9 cm³/mol. The van der Waals surface area contributed by atoms with Crippen LogP contribution < -0.4 is 5.43 Å². The summed E-state index contributed by atoms with van der Waals surface area (Å²) in [6.45, 7) is 5.39. The van der Waals surface area contributed by atoms with E-state index in [1.54, 1.807) is 26.0 Å². The van der Waals surface area contributed by atoms with Crippen molar-refractivity contribution >= 4 is 16.9 Å². The van der Waals surface area contributed by atoms with Gasteiger partial charge in [0.25, 0.3) is 0 Å². The topological polar surface area (TPSA) is 56.5 Å². The van der Waals surface area contributed by atoms with Crippen molar-refractivity contribution in [2.24, 2.45) is 0 Å². The van der Waals surface area contributed by atoms with Gasteiger partial charge in [0, 0.05) is 0 Å². The molecule has 4 nitrogen and oxygen atoms in total. The largest absolute Gasteiger partial charge is 0.462 e. The van der Waals surface area contributed by atoms with Crippen LogP contribution in [0.25, 0.3) is 11.0 Å². The fourth-order valence-corrected chi connectivity index (χ4v) is 1.86. The number of fused-ring (bicyclic) bond motifs is 1. The third kappa shape index (κ3) is 2.01. The summed E-state index contributed by atoms with van der Waals surface area (Å²) in [6.07, 6.45) is 0. The Kier molecular flexibility index (Phi) is 3.19. The molecule has 1 aromatic carbocycles. The molecule has 18 heavy (non-hydrogen) atoms. The molecule has 0 spiro atoms. The first-order valence-electron chi connectivity index (χ1n) is 5.75. The van der Waals surface area contributed by atoms with E-state index in [1.165, 1.54) is 0 Å². The van der Waals surface area contributed by atoms with E-state index >= 15 is 0 Å². The Balaban J connectivity index is 2.75. The number of hydrogen-bond donors (Lipinski definition) is 0. The van der Waals surface area contributed by atoms with Crippen LogP contribution in [0.4, 0.5) is 0 Å². The van der Waals surface area contributed by atoms with Gasteiger partial charge in [-0.05, 0) is 32.9 Å². The minimum absolute atomic E-state index is 0.0186. The van der Waals surface area contributed by atoms with Crippen molar-refractivity contribution in [1.82, 2.24) is 0 Å². The van der Waals surface area contributed by atoms with Crippen LogP contribution in [0.3, 0.4) is 0 Å². The molecule has 0 aliphatic rings. The summed E-state index contributed by atoms with van der Waals surface area (Å²) in [7, 11) is 0. The molecule has 0 saturated carbocycles. The van der Waals surface area contributed by atoms with Crippen LogP contribution in [0.5, 0.6) is 0 Å². The molecule has 0 radical (unpaired) electrons. The highest BCUT2D eigenvalue weighted by molar-refractivity contribution is 5.94. The van der Waals surface area contributed by atoms with Crippen LogP contribution in [0.15, 0.2) is 27.4 Å². The summed E-state index contributed by atoms with van der Waals surface area (Å²) in [5.41, 5.74) is 1.07. The van der Waals surface area contributed by atoms with Gasteiger partial charge in [-0.1, -0.05) is 11.6 Å². The fourth-order valence-electron chi connectivity index (χ4n) is 1.86. The molecule has 4 heteroatoms. The molecule has 2 aromatic rings. The first kappa shape index (κ1) is 12.4. The highest BCUT2D eigenvalue weighted by Gasteiger charge is 2.19. The number of benzene rings is 1. The number of carbonyl (C=O) groups is 1. The first-order valence-corrected chi connectivity index (χ1v) is 5.75. The lowest BCUT2D eigenvalue weighted by Crippen LogP contribution is -2.19. The number of rotatable bonds is 2. The molecule has 0 amide bonds. The van der Waals surface area contributed by atoms with Crippen molar-refractivity contribution in [3.8, 4) is 0 Å². The summed E-state index contributed by atoms with van der Waals surface area (Å²) in [5.74, 6) is -0.345. The predicted octanol–water partition coefficient (Wildman–Crippen LogP) is 2.59. The van der Waals surface area contributed by atoms with Gasteiger partial charge in [-0.2, -0.15) is 0 Å². The van der Waals surface area contributed by atoms with E-state index < -0.39 is 5.97 Å². The van der Waals surface area contributed by atoms with Gasteiger partial charge in [0.15, 0.2) is 0 Å². The second-order valence-corrected chi connectivity index (χ2v) is 4.08. The third-order valence-corrected chi connectivity index (χ3v) is 2.70. The van der Waals surface area contributed by atoms with Crippen molar-refractivity contribution in [1.29, 1.82) is 0 Å². The molecular formula is C14H14O4. The molecular weight excluding hydrogens is 232 g/mol. The zero-order valence-electron chi connectivity index (χ0n) is 10.6. The molecule has 0 fully saturated rings. The standard InChI is InChI=1S/C14H14O4/c1-4-17-14(16)12-9(3)18-11-6-5-8(2)7-10(11)13(12)15/h5-7H,4H2,1-3H3. The van der Waals surface area contributed by atoms with Crippen molar-refractivity contribution in [3.05, 3.63) is 45.3 Å². The summed E-state index contributed by atoms with van der Waals surface area (Å²) in [5, 5.41) is 0.406. The number of aryl methyl sites for hydroxylation is 2. The van der Waals surface area contributed by atoms with E-state index in [9.17, 15) is 9.59 Å². The Morgan fingerprint density at radius 3 is 2.72 bits per heavy atom. The molecule has 2 rings (SSSR count). The van der Waals surface area contributed by atoms with Crippen molar-refractivity contribution in [2.45, 2.75) is 20.8 Å². The van der Waals surface area contributed by atoms with Crippen molar-refractivity contribution in [3.63, 3.8) is 0 Å². The van der Waals surface area contributed by atoms with E-state index in [-0.39, 0.29) is 23.4 Å². The lowest BCUT2D eigenvalue weighted by molar-refractivity contribution is 0.0521. The monoisotopic (exact) mass is 246 g/mol. The second kappa shape index (κ2) is 4.64. The molecule has 0 unspecified atom stereocenters. The SMILES string of the molecule is CCOC(=O)c1c(C)oc2ccc(C)cc2c1=O. The number of hydrogen-bond acceptors (Lipinski definition) is 4. The zero-order valence-corrected chi connectivity index (χ0v) is 10.6. The molecule has 0 bridgehead atoms. The normalized spacial score (nSPS) is 10.6. The van der Waals surface area contributed by atoms with Gasteiger partial charge in [-0.3, -0.25) is 4.79 Å². The van der Waals surface area contributed by atoms with Crippen LogP contribution in [0.1, 0.15) is 28.6 Å². The van der Waals surface area contributed by atoms with Crippen LogP contribution >= 0.6 is 0 Å². The average Bonchev–Trinajstić information content (AvgIpc) is 2.31. The van der Waals surface area contributed by atoms with E-state index in [0.29, 0.717) is 11.0 Å². The molecule has 0 aliphatic heterocycles. The minimum atomic E-state index is -0.632. The molecule has 0 atom stereocenters. The zero-order chi connectivity index (χ0) is 13.3. The molecule has 94 valence electrons. The van der Waals surface area contributed by atoms with Gasteiger partial charge in [-0.25, -0.2) is 4.79 Å². The number of esters is 1. The lowest BCUT2D eigenvalue weighted by atomic mass is 10.1. The highest BCUT2D eigenvalue weighted by Crippen LogP contribution is 2.17. The summed E-state index contributed by atoms with van der Waals surface area (Å²) < 4.78 is 10.4. The maximum Gasteiger partial charge on any atom is 0.345 e. The highest BCUT2D eigenvalue weighted by atomic mass is 16.5. The summed E-state index contributed by atoms with van der Waals surface area (Å²) in [6, 6.07) is 5.30. The third-order valence-electron chi connectivity index (χ3n) is 2.70. The summed E-state index contributed by atoms with van der Waals surface area (Å²) >= 11 is 0. The van der Waals surface area contributed by atoms with E-state index in [2.05, 4.69) is 0 Å². The molecule has 0 saturated heterocycles. The second-order valence-electron chi connectivity index (χ2n) is 4.08. The van der Waals surface area contributed by atoms with Gasteiger partial charge in [0.1, 0.15) is 16.9 Å². The lowest BCUT2D eigenvalue weighted by Gasteiger charge is -2.06. The van der Waals surface area contributed by atoms with Gasteiger partial charge in [-0.15, -0.1) is 0 Å². The molecule has 1 aromatic heterocycles. The maximum absolute atomic E-state index is 12.3. The van der Waals surface area contributed by atoms with Crippen molar-refractivity contribution in [2.75, 3.05) is 6.61 Å².